The molecule has 1 heterocycles. The minimum Gasteiger partial charge on any atom is -0.491 e. The predicted molar refractivity (Wildman–Crippen MR) is 95.5 cm³/mol. The van der Waals surface area contributed by atoms with Gasteiger partial charge in [0.25, 0.3) is 11.8 Å². The van der Waals surface area contributed by atoms with E-state index in [-0.39, 0.29) is 11.8 Å². The molecule has 1 aliphatic rings. The minimum absolute atomic E-state index is 0.336. The molecule has 0 radical (unpaired) electrons. The molecule has 0 aromatic heterocycles. The number of aryl methyl sites for hydroxylation is 1. The van der Waals surface area contributed by atoms with Crippen molar-refractivity contribution in [2.24, 2.45) is 0 Å². The molecule has 0 spiro atoms. The summed E-state index contributed by atoms with van der Waals surface area (Å²) in [6.07, 6.45) is 0.873. The highest BCUT2D eigenvalue weighted by atomic mass is 16.5. The second-order valence-corrected chi connectivity index (χ2v) is 6.07. The van der Waals surface area contributed by atoms with Crippen LogP contribution in [0.4, 0.5) is 5.69 Å². The Labute approximate surface area is 146 Å². The first-order valence-corrected chi connectivity index (χ1v) is 8.22. The van der Waals surface area contributed by atoms with E-state index in [1.165, 1.54) is 0 Å². The van der Waals surface area contributed by atoms with Gasteiger partial charge in [0.05, 0.1) is 12.3 Å². The van der Waals surface area contributed by atoms with Crippen LogP contribution in [-0.4, -0.2) is 24.5 Å². The summed E-state index contributed by atoms with van der Waals surface area (Å²) < 4.78 is 5.61. The molecule has 1 unspecified atom stereocenters. The number of rotatable bonds is 4. The molecule has 0 saturated heterocycles. The van der Waals surface area contributed by atoms with E-state index in [1.807, 2.05) is 31.2 Å². The van der Waals surface area contributed by atoms with Crippen LogP contribution in [-0.2, 0) is 11.2 Å². The van der Waals surface area contributed by atoms with Crippen molar-refractivity contribution in [2.75, 3.05) is 11.9 Å². The van der Waals surface area contributed by atoms with Crippen molar-refractivity contribution >= 4 is 17.5 Å². The van der Waals surface area contributed by atoms with Crippen LogP contribution >= 0.6 is 0 Å². The number of amides is 2. The first-order chi connectivity index (χ1) is 12.0. The molecule has 6 nitrogen and oxygen atoms in total. The Morgan fingerprint density at radius 1 is 1.12 bits per heavy atom. The highest BCUT2D eigenvalue weighted by Crippen LogP contribution is 2.33. The molecule has 0 saturated carbocycles. The van der Waals surface area contributed by atoms with Gasteiger partial charge in [0.1, 0.15) is 11.8 Å². The van der Waals surface area contributed by atoms with E-state index in [4.69, 9.17) is 4.74 Å². The summed E-state index contributed by atoms with van der Waals surface area (Å²) in [6.45, 7) is 4.28. The van der Waals surface area contributed by atoms with Crippen LogP contribution in [0.1, 0.15) is 28.4 Å². The minimum atomic E-state index is -0.534. The lowest BCUT2D eigenvalue weighted by molar-refractivity contribution is -0.122. The molecule has 3 N–H and O–H groups in total. The third-order valence-corrected chi connectivity index (χ3v) is 4.06. The van der Waals surface area contributed by atoms with Crippen LogP contribution < -0.4 is 20.9 Å². The molecular weight excluding hydrogens is 318 g/mol. The van der Waals surface area contributed by atoms with Crippen LogP contribution in [0.15, 0.2) is 42.5 Å². The van der Waals surface area contributed by atoms with Gasteiger partial charge in [-0.3, -0.25) is 20.4 Å². The number of fused-ring (bicyclic) bond motifs is 1. The molecule has 6 heteroatoms. The molecule has 0 bridgehead atoms. The van der Waals surface area contributed by atoms with Crippen LogP contribution in [0, 0.1) is 6.92 Å². The van der Waals surface area contributed by atoms with Gasteiger partial charge in [-0.05, 0) is 37.6 Å². The number of hydrazine groups is 1. The summed E-state index contributed by atoms with van der Waals surface area (Å²) >= 11 is 0. The monoisotopic (exact) mass is 339 g/mol. The molecule has 0 aliphatic carbocycles. The normalized spacial score (nSPS) is 13.4. The lowest BCUT2D eigenvalue weighted by atomic mass is 10.1. The zero-order valence-electron chi connectivity index (χ0n) is 14.3. The Balaban J connectivity index is 1.56. The number of benzene rings is 2. The largest absolute Gasteiger partial charge is 0.491 e. The molecule has 2 amide bonds. The predicted octanol–water partition coefficient (Wildman–Crippen LogP) is 2.19. The van der Waals surface area contributed by atoms with Crippen molar-refractivity contribution in [3.63, 3.8) is 0 Å². The number of para-hydroxylation sites is 1. The fourth-order valence-electron chi connectivity index (χ4n) is 2.71. The summed E-state index contributed by atoms with van der Waals surface area (Å²) in [6, 6.07) is 12.4. The lowest BCUT2D eigenvalue weighted by Gasteiger charge is -2.17. The topological polar surface area (TPSA) is 79.5 Å². The van der Waals surface area contributed by atoms with E-state index in [1.54, 1.807) is 25.1 Å². The number of ether oxygens (including phenoxy) is 1. The van der Waals surface area contributed by atoms with E-state index in [0.29, 0.717) is 12.2 Å². The third-order valence-electron chi connectivity index (χ3n) is 4.06. The Morgan fingerprint density at radius 3 is 2.72 bits per heavy atom. The molecule has 1 atom stereocenters. The first kappa shape index (κ1) is 16.8. The van der Waals surface area contributed by atoms with Crippen molar-refractivity contribution in [1.29, 1.82) is 0 Å². The quantitative estimate of drug-likeness (QED) is 0.746. The zero-order valence-corrected chi connectivity index (χ0v) is 14.3. The highest BCUT2D eigenvalue weighted by Gasteiger charge is 2.20. The van der Waals surface area contributed by atoms with Crippen LogP contribution in [0.5, 0.6) is 5.75 Å². The second kappa shape index (κ2) is 7.25. The number of carbonyl (C=O) groups excluding carboxylic acids is 2. The number of carbonyl (C=O) groups is 2. The van der Waals surface area contributed by atoms with Gasteiger partial charge in [-0.1, -0.05) is 29.8 Å². The summed E-state index contributed by atoms with van der Waals surface area (Å²) in [5, 5.41) is 3.13. The zero-order chi connectivity index (χ0) is 17.8. The van der Waals surface area contributed by atoms with Gasteiger partial charge in [0.2, 0.25) is 0 Å². The van der Waals surface area contributed by atoms with Gasteiger partial charge >= 0.3 is 0 Å². The lowest BCUT2D eigenvalue weighted by Crippen LogP contribution is -2.47. The Morgan fingerprint density at radius 2 is 1.92 bits per heavy atom. The van der Waals surface area contributed by atoms with Gasteiger partial charge in [-0.15, -0.1) is 0 Å². The van der Waals surface area contributed by atoms with Crippen molar-refractivity contribution in [3.8, 4) is 5.75 Å². The smallest absolute Gasteiger partial charge is 0.269 e. The molecule has 1 aliphatic heterocycles. The maximum atomic E-state index is 12.2. The fraction of sp³-hybridized carbons (Fsp3) is 0.263. The number of hydrogen-bond acceptors (Lipinski definition) is 4. The molecule has 2 aromatic carbocycles. The van der Waals surface area contributed by atoms with Gasteiger partial charge in [0.15, 0.2) is 0 Å². The van der Waals surface area contributed by atoms with Crippen LogP contribution in [0.25, 0.3) is 0 Å². The Kier molecular flexibility index (Phi) is 4.88. The summed E-state index contributed by atoms with van der Waals surface area (Å²) in [5.74, 6) is 0.107. The molecule has 2 aromatic rings. The van der Waals surface area contributed by atoms with Crippen molar-refractivity contribution in [3.05, 3.63) is 59.2 Å². The average Bonchev–Trinajstić information content (AvgIpc) is 3.09. The Hall–Kier alpha value is -3.02. The van der Waals surface area contributed by atoms with Gasteiger partial charge in [-0.25, -0.2) is 0 Å². The van der Waals surface area contributed by atoms with Gasteiger partial charge in [0, 0.05) is 12.0 Å². The molecule has 3 rings (SSSR count). The molecule has 130 valence electrons. The summed E-state index contributed by atoms with van der Waals surface area (Å²) in [7, 11) is 0. The number of hydrogen-bond donors (Lipinski definition) is 3. The maximum absolute atomic E-state index is 12.2. The van der Waals surface area contributed by atoms with E-state index >= 15 is 0 Å². The standard InChI is InChI=1S/C19H21N3O3/c1-12-5-3-7-15(11-12)19(24)22-21-18(23)13(2)20-16-8-4-6-14-9-10-25-17(14)16/h3-8,11,13,20H,9-10H2,1-2H3,(H,21,23)(H,22,24). The van der Waals surface area contributed by atoms with Crippen molar-refractivity contribution < 1.29 is 14.3 Å². The van der Waals surface area contributed by atoms with Gasteiger partial charge in [-0.2, -0.15) is 0 Å². The SMILES string of the molecule is Cc1cccc(C(=O)NNC(=O)C(C)Nc2cccc3c2OCC3)c1. The van der Waals surface area contributed by atoms with E-state index in [9.17, 15) is 9.59 Å². The second-order valence-electron chi connectivity index (χ2n) is 6.07. The summed E-state index contributed by atoms with van der Waals surface area (Å²) in [5.41, 5.74) is 8.27. The Bertz CT molecular complexity index is 804. The maximum Gasteiger partial charge on any atom is 0.269 e. The molecule has 0 fully saturated rings. The van der Waals surface area contributed by atoms with Crippen molar-refractivity contribution in [2.45, 2.75) is 26.3 Å². The van der Waals surface area contributed by atoms with Crippen molar-refractivity contribution in [1.82, 2.24) is 10.9 Å². The fourth-order valence-corrected chi connectivity index (χ4v) is 2.71. The van der Waals surface area contributed by atoms with E-state index < -0.39 is 6.04 Å². The van der Waals surface area contributed by atoms with E-state index in [2.05, 4.69) is 16.2 Å². The summed E-state index contributed by atoms with van der Waals surface area (Å²) in [4.78, 5) is 24.3. The molecule has 25 heavy (non-hydrogen) atoms. The van der Waals surface area contributed by atoms with Gasteiger partial charge < -0.3 is 10.1 Å². The van der Waals surface area contributed by atoms with E-state index in [0.717, 1.165) is 29.0 Å². The third kappa shape index (κ3) is 3.91. The first-order valence-electron chi connectivity index (χ1n) is 8.22. The number of anilines is 1. The highest BCUT2D eigenvalue weighted by molar-refractivity contribution is 5.96. The average molecular weight is 339 g/mol. The number of nitrogens with one attached hydrogen (secondary N) is 3. The molecular formula is C19H21N3O3. The van der Waals surface area contributed by atoms with Crippen LogP contribution in [0.2, 0.25) is 0 Å². The van der Waals surface area contributed by atoms with Crippen LogP contribution in [0.3, 0.4) is 0 Å².